The second-order valence-electron chi connectivity index (χ2n) is 8.75. The van der Waals surface area contributed by atoms with Crippen LogP contribution in [0.25, 0.3) is 56.2 Å². The molecule has 0 bridgehead atoms. The second-order valence-corrected chi connectivity index (χ2v) is 11.0. The van der Waals surface area contributed by atoms with Gasteiger partial charge in [0.25, 0.3) is 0 Å². The fraction of sp³-hybridized carbons (Fsp3) is 0.115. The average Bonchev–Trinajstić information content (AvgIpc) is 3.51. The number of halogens is 1. The van der Waals surface area contributed by atoms with Gasteiger partial charge in [0.15, 0.2) is 11.5 Å². The van der Waals surface area contributed by atoms with Crippen molar-refractivity contribution in [1.82, 2.24) is 35.1 Å². The Hall–Kier alpha value is -4.51. The third-order valence-electron chi connectivity index (χ3n) is 5.95. The molecule has 2 N–H and O–H groups in total. The number of hydrogen-bond donors (Lipinski definition) is 2. The van der Waals surface area contributed by atoms with Gasteiger partial charge < -0.3 is 4.98 Å². The quantitative estimate of drug-likeness (QED) is 0.339. The number of aromatic amines is 2. The molecule has 0 saturated carbocycles. The van der Waals surface area contributed by atoms with E-state index in [0.29, 0.717) is 50.6 Å². The first kappa shape index (κ1) is 22.9. The van der Waals surface area contributed by atoms with E-state index in [1.165, 1.54) is 12.1 Å². The molecule has 0 aliphatic rings. The lowest BCUT2D eigenvalue weighted by atomic mass is 10.0. The van der Waals surface area contributed by atoms with Gasteiger partial charge in [-0.1, -0.05) is 6.07 Å². The monoisotopic (exact) mass is 513 g/mol. The smallest absolute Gasteiger partial charge is 0.161 e. The second kappa shape index (κ2) is 8.86. The highest BCUT2D eigenvalue weighted by Crippen LogP contribution is 2.31. The number of sulfone groups is 1. The number of fused-ring (bicyclic) bond motifs is 2. The maximum atomic E-state index is 14.5. The van der Waals surface area contributed by atoms with Gasteiger partial charge in [-0.05, 0) is 60.5 Å². The number of nitrogens with one attached hydrogen (secondary N) is 2. The number of hydrogen-bond acceptors (Lipinski definition) is 7. The van der Waals surface area contributed by atoms with Gasteiger partial charge in [-0.15, -0.1) is 0 Å². The van der Waals surface area contributed by atoms with Crippen LogP contribution < -0.4 is 0 Å². The Morgan fingerprint density at radius 3 is 2.54 bits per heavy atom. The van der Waals surface area contributed by atoms with Crippen LogP contribution in [0.3, 0.4) is 0 Å². The van der Waals surface area contributed by atoms with Gasteiger partial charge in [-0.2, -0.15) is 5.10 Å². The van der Waals surface area contributed by atoms with Crippen molar-refractivity contribution < 1.29 is 12.8 Å². The van der Waals surface area contributed by atoms with Crippen molar-refractivity contribution in [3.8, 4) is 34.2 Å². The van der Waals surface area contributed by atoms with Crippen molar-refractivity contribution in [3.05, 3.63) is 78.4 Å². The number of H-pyrrole nitrogens is 2. The molecule has 184 valence electrons. The number of nitrogens with zero attached hydrogens (tertiary/aromatic N) is 5. The lowest BCUT2D eigenvalue weighted by Crippen LogP contribution is -2.06. The van der Waals surface area contributed by atoms with Gasteiger partial charge in [-0.3, -0.25) is 15.1 Å². The van der Waals surface area contributed by atoms with E-state index >= 15 is 0 Å². The summed E-state index contributed by atoms with van der Waals surface area (Å²) < 4.78 is 37.7. The van der Waals surface area contributed by atoms with E-state index in [2.05, 4.69) is 25.1 Å². The van der Waals surface area contributed by atoms with Crippen LogP contribution in [0.5, 0.6) is 0 Å². The Balaban J connectivity index is 1.44. The van der Waals surface area contributed by atoms with E-state index in [4.69, 9.17) is 9.97 Å². The molecule has 5 aromatic heterocycles. The van der Waals surface area contributed by atoms with Crippen molar-refractivity contribution in [1.29, 1.82) is 0 Å². The number of aryl methyl sites for hydroxylation is 1. The van der Waals surface area contributed by atoms with Crippen molar-refractivity contribution in [2.75, 3.05) is 12.0 Å². The van der Waals surface area contributed by atoms with Gasteiger partial charge >= 0.3 is 0 Å². The molecule has 0 amide bonds. The maximum absolute atomic E-state index is 14.5. The van der Waals surface area contributed by atoms with Gasteiger partial charge in [-0.25, -0.2) is 22.8 Å². The molecule has 11 heteroatoms. The van der Waals surface area contributed by atoms with E-state index < -0.39 is 15.7 Å². The summed E-state index contributed by atoms with van der Waals surface area (Å²) in [4.78, 5) is 21.6. The molecule has 0 fully saturated rings. The molecule has 6 rings (SSSR count). The molecular weight excluding hydrogens is 493 g/mol. The summed E-state index contributed by atoms with van der Waals surface area (Å²) >= 11 is 0. The third-order valence-corrected chi connectivity index (χ3v) is 6.90. The molecule has 0 saturated heterocycles. The minimum atomic E-state index is -3.18. The number of rotatable bonds is 6. The van der Waals surface area contributed by atoms with Crippen LogP contribution in [0.1, 0.15) is 5.56 Å². The average molecular weight is 514 g/mol. The molecule has 5 heterocycles. The zero-order chi connectivity index (χ0) is 25.6. The fourth-order valence-corrected chi connectivity index (χ4v) is 4.82. The van der Waals surface area contributed by atoms with Crippen LogP contribution in [0, 0.1) is 5.82 Å². The topological polar surface area (TPSA) is 130 Å². The fourth-order valence-electron chi connectivity index (χ4n) is 4.21. The predicted molar refractivity (Wildman–Crippen MR) is 139 cm³/mol. The first-order chi connectivity index (χ1) is 17.8. The van der Waals surface area contributed by atoms with Crippen LogP contribution in [-0.2, 0) is 16.3 Å². The van der Waals surface area contributed by atoms with Crippen LogP contribution in [0.2, 0.25) is 0 Å². The summed E-state index contributed by atoms with van der Waals surface area (Å²) in [6.07, 6.45) is 4.69. The highest BCUT2D eigenvalue weighted by Gasteiger charge is 2.18. The zero-order valence-corrected chi connectivity index (χ0v) is 20.4. The molecule has 1 aromatic carbocycles. The minimum Gasteiger partial charge on any atom is -0.336 e. The van der Waals surface area contributed by atoms with Gasteiger partial charge in [0, 0.05) is 24.2 Å². The van der Waals surface area contributed by atoms with Crippen molar-refractivity contribution in [3.63, 3.8) is 0 Å². The van der Waals surface area contributed by atoms with Gasteiger partial charge in [0.1, 0.15) is 26.7 Å². The van der Waals surface area contributed by atoms with Crippen LogP contribution in [0.4, 0.5) is 4.39 Å². The van der Waals surface area contributed by atoms with Crippen LogP contribution >= 0.6 is 0 Å². The SMILES string of the molecule is CS(=O)(=O)CCc1cc(F)cc(-c2nccc3[nH]c(-c4n[nH]c5ccc(-c6ccccn6)nc45)nc23)c1. The Bertz CT molecular complexity index is 1880. The number of aromatic nitrogens is 7. The van der Waals surface area contributed by atoms with Gasteiger partial charge in [0.05, 0.1) is 33.9 Å². The number of benzene rings is 1. The van der Waals surface area contributed by atoms with Gasteiger partial charge in [0.2, 0.25) is 0 Å². The molecule has 0 radical (unpaired) electrons. The maximum Gasteiger partial charge on any atom is 0.161 e. The molecular formula is C26H20FN7O2S. The molecule has 0 aliphatic heterocycles. The molecule has 0 aliphatic carbocycles. The predicted octanol–water partition coefficient (Wildman–Crippen LogP) is 4.35. The summed E-state index contributed by atoms with van der Waals surface area (Å²) in [5, 5.41) is 7.42. The molecule has 9 nitrogen and oxygen atoms in total. The Labute approximate surface area is 210 Å². The third kappa shape index (κ3) is 4.56. The standard InChI is InChI=1S/C26H20FN7O2S/c1-37(35,36)11-8-15-12-16(14-17(27)13-15)22-23-20(7-10-29-22)31-26(32-23)25-24-21(33-34-25)6-5-19(30-24)18-4-2-3-9-28-18/h2-7,9-10,12-14H,8,11H2,1H3,(H,31,32)(H,33,34). The lowest BCUT2D eigenvalue weighted by Gasteiger charge is -2.06. The molecule has 0 unspecified atom stereocenters. The first-order valence-electron chi connectivity index (χ1n) is 11.4. The van der Waals surface area contributed by atoms with E-state index in [1.807, 2.05) is 30.3 Å². The van der Waals surface area contributed by atoms with E-state index in [0.717, 1.165) is 17.5 Å². The first-order valence-corrected chi connectivity index (χ1v) is 13.5. The molecule has 0 spiro atoms. The summed E-state index contributed by atoms with van der Waals surface area (Å²) in [7, 11) is -3.18. The summed E-state index contributed by atoms with van der Waals surface area (Å²) in [6.45, 7) is 0. The summed E-state index contributed by atoms with van der Waals surface area (Å²) in [5.41, 5.74) is 6.13. The normalized spacial score (nSPS) is 11.9. The lowest BCUT2D eigenvalue weighted by molar-refractivity contribution is 0.600. The van der Waals surface area contributed by atoms with E-state index in [-0.39, 0.29) is 12.2 Å². The van der Waals surface area contributed by atoms with Crippen molar-refractivity contribution in [2.24, 2.45) is 0 Å². The Morgan fingerprint density at radius 2 is 1.73 bits per heavy atom. The molecule has 6 aromatic rings. The van der Waals surface area contributed by atoms with Crippen molar-refractivity contribution in [2.45, 2.75) is 6.42 Å². The van der Waals surface area contributed by atoms with E-state index in [9.17, 15) is 12.8 Å². The zero-order valence-electron chi connectivity index (χ0n) is 19.6. The Kier molecular flexibility index (Phi) is 5.49. The van der Waals surface area contributed by atoms with E-state index in [1.54, 1.807) is 24.5 Å². The summed E-state index contributed by atoms with van der Waals surface area (Å²) in [6, 6.07) is 15.6. The summed E-state index contributed by atoms with van der Waals surface area (Å²) in [5.74, 6) is -0.0604. The largest absolute Gasteiger partial charge is 0.336 e. The highest BCUT2D eigenvalue weighted by atomic mass is 32.2. The van der Waals surface area contributed by atoms with Crippen molar-refractivity contribution >= 4 is 31.9 Å². The van der Waals surface area contributed by atoms with Crippen LogP contribution in [-0.4, -0.2) is 55.5 Å². The number of pyridine rings is 3. The Morgan fingerprint density at radius 1 is 0.865 bits per heavy atom. The number of imidazole rings is 1. The minimum absolute atomic E-state index is 0.0696. The van der Waals surface area contributed by atoms with Crippen LogP contribution in [0.15, 0.2) is 67.0 Å². The molecule has 37 heavy (non-hydrogen) atoms. The molecule has 0 atom stereocenters. The highest BCUT2D eigenvalue weighted by molar-refractivity contribution is 7.90.